The van der Waals surface area contributed by atoms with Gasteiger partial charge in [0, 0.05) is 6.42 Å². The molecule has 0 unspecified atom stereocenters. The fourth-order valence-corrected chi connectivity index (χ4v) is 0.318. The molecule has 0 saturated heterocycles. The summed E-state index contributed by atoms with van der Waals surface area (Å²) in [6.07, 6.45) is 10.9. The maximum Gasteiger partial charge on any atom is 0.0267 e. The van der Waals surface area contributed by atoms with Crippen molar-refractivity contribution in [2.75, 3.05) is 0 Å². The number of hydrogen-bond acceptors (Lipinski definition) is 0. The highest BCUT2D eigenvalue weighted by molar-refractivity contribution is 4.95. The highest BCUT2D eigenvalue weighted by Crippen LogP contribution is 1.81. The van der Waals surface area contributed by atoms with Gasteiger partial charge in [-0.25, -0.2) is 0 Å². The number of terminal acetylenes is 1. The molecular formula is C7H10. The maximum absolute atomic E-state index is 4.97. The van der Waals surface area contributed by atoms with Crippen molar-refractivity contribution in [3.63, 3.8) is 0 Å². The lowest BCUT2D eigenvalue weighted by Crippen LogP contribution is -1.54. The second-order valence-electron chi connectivity index (χ2n) is 1.29. The van der Waals surface area contributed by atoms with Gasteiger partial charge < -0.3 is 0 Å². The Morgan fingerprint density at radius 3 is 2.71 bits per heavy atom. The third kappa shape index (κ3) is 5.30. The second kappa shape index (κ2) is 5.30. The first-order valence-corrected chi connectivity index (χ1v) is 2.50. The largest absolute Gasteiger partial charge is 0.120 e. The minimum Gasteiger partial charge on any atom is -0.120 e. The van der Waals surface area contributed by atoms with Gasteiger partial charge in [0.2, 0.25) is 0 Å². The Bertz CT molecular complexity index is 82.7. The molecule has 0 fully saturated rings. The first-order valence-electron chi connectivity index (χ1n) is 2.50. The topological polar surface area (TPSA) is 0 Å². The van der Waals surface area contributed by atoms with Crippen molar-refractivity contribution in [3.05, 3.63) is 12.2 Å². The van der Waals surface area contributed by atoms with Crippen molar-refractivity contribution in [1.29, 1.82) is 0 Å². The molecule has 0 aliphatic heterocycles. The molecule has 0 spiro atoms. The molecule has 7 heavy (non-hydrogen) atoms. The van der Waals surface area contributed by atoms with Crippen LogP contribution in [0, 0.1) is 12.3 Å². The molecule has 0 amide bonds. The van der Waals surface area contributed by atoms with Crippen LogP contribution in [0.4, 0.5) is 0 Å². The predicted octanol–water partition coefficient (Wildman–Crippen LogP) is 1.98. The van der Waals surface area contributed by atoms with E-state index in [0.29, 0.717) is 0 Å². The Balaban J connectivity index is 2.97. The first kappa shape index (κ1) is 6.30. The van der Waals surface area contributed by atoms with Gasteiger partial charge in [-0.15, -0.1) is 12.3 Å². The zero-order chi connectivity index (χ0) is 5.54. The number of allylic oxidation sites excluding steroid dienone is 2. The summed E-state index contributed by atoms with van der Waals surface area (Å²) in [5.74, 6) is 2.52. The standard InChI is InChI=1S/C7H10/c1-3-5-7-6-4-2/h1,6-7H,4-5H2,2H3. The van der Waals surface area contributed by atoms with E-state index in [-0.39, 0.29) is 0 Å². The van der Waals surface area contributed by atoms with E-state index in [9.17, 15) is 0 Å². The Morgan fingerprint density at radius 1 is 1.57 bits per heavy atom. The molecule has 0 heterocycles. The van der Waals surface area contributed by atoms with Gasteiger partial charge in [-0.1, -0.05) is 19.1 Å². The second-order valence-corrected chi connectivity index (χ2v) is 1.29. The molecule has 38 valence electrons. The van der Waals surface area contributed by atoms with Gasteiger partial charge in [-0.2, -0.15) is 0 Å². The van der Waals surface area contributed by atoms with E-state index in [0.717, 1.165) is 12.8 Å². The average Bonchev–Trinajstić information content (AvgIpc) is 1.69. The summed E-state index contributed by atoms with van der Waals surface area (Å²) >= 11 is 0. The van der Waals surface area contributed by atoms with Crippen LogP contribution in [0.15, 0.2) is 12.2 Å². The van der Waals surface area contributed by atoms with Crippen LogP contribution in [0.25, 0.3) is 0 Å². The van der Waals surface area contributed by atoms with Crippen LogP contribution in [0.3, 0.4) is 0 Å². The van der Waals surface area contributed by atoms with Crippen molar-refractivity contribution in [1.82, 2.24) is 0 Å². The smallest absolute Gasteiger partial charge is 0.0267 e. The summed E-state index contributed by atoms with van der Waals surface area (Å²) in [4.78, 5) is 0. The van der Waals surface area contributed by atoms with Crippen LogP contribution < -0.4 is 0 Å². The molecule has 0 aromatic carbocycles. The summed E-state index contributed by atoms with van der Waals surface area (Å²) in [5.41, 5.74) is 0. The van der Waals surface area contributed by atoms with E-state index in [1.54, 1.807) is 0 Å². The Labute approximate surface area is 45.2 Å². The van der Waals surface area contributed by atoms with Gasteiger partial charge in [-0.05, 0) is 6.42 Å². The third-order valence-electron chi connectivity index (χ3n) is 0.638. The third-order valence-corrected chi connectivity index (χ3v) is 0.638. The molecule has 0 rings (SSSR count). The van der Waals surface area contributed by atoms with E-state index in [4.69, 9.17) is 6.42 Å². The zero-order valence-corrected chi connectivity index (χ0v) is 4.65. The molecule has 0 N–H and O–H groups in total. The van der Waals surface area contributed by atoms with Gasteiger partial charge in [0.1, 0.15) is 0 Å². The van der Waals surface area contributed by atoms with Crippen molar-refractivity contribution < 1.29 is 0 Å². The minimum atomic E-state index is 0.772. The quantitative estimate of drug-likeness (QED) is 0.362. The van der Waals surface area contributed by atoms with Crippen LogP contribution in [-0.4, -0.2) is 0 Å². The van der Waals surface area contributed by atoms with E-state index in [1.807, 2.05) is 6.08 Å². The normalized spacial score (nSPS) is 9.14. The van der Waals surface area contributed by atoms with Crippen LogP contribution in [0.2, 0.25) is 0 Å². The van der Waals surface area contributed by atoms with Crippen LogP contribution in [0.1, 0.15) is 19.8 Å². The molecule has 0 atom stereocenters. The molecule has 0 bridgehead atoms. The molecule has 0 aliphatic rings. The van der Waals surface area contributed by atoms with Crippen LogP contribution >= 0.6 is 0 Å². The SMILES string of the molecule is C#CCC=CCC. The van der Waals surface area contributed by atoms with E-state index >= 15 is 0 Å². The monoisotopic (exact) mass is 94.1 g/mol. The van der Waals surface area contributed by atoms with E-state index in [1.165, 1.54) is 0 Å². The minimum absolute atomic E-state index is 0.772. The average molecular weight is 94.2 g/mol. The Hall–Kier alpha value is -0.700. The van der Waals surface area contributed by atoms with Crippen molar-refractivity contribution in [3.8, 4) is 12.3 Å². The molecule has 0 saturated carbocycles. The fraction of sp³-hybridized carbons (Fsp3) is 0.429. The molecule has 0 aromatic heterocycles. The Kier molecular flexibility index (Phi) is 4.77. The summed E-state index contributed by atoms with van der Waals surface area (Å²) in [6, 6.07) is 0. The van der Waals surface area contributed by atoms with Crippen molar-refractivity contribution in [2.45, 2.75) is 19.8 Å². The lowest BCUT2D eigenvalue weighted by atomic mass is 10.3. The molecular weight excluding hydrogens is 84.1 g/mol. The molecule has 0 heteroatoms. The van der Waals surface area contributed by atoms with Gasteiger partial charge in [-0.3, -0.25) is 0 Å². The van der Waals surface area contributed by atoms with Gasteiger partial charge >= 0.3 is 0 Å². The van der Waals surface area contributed by atoms with Gasteiger partial charge in [0.05, 0.1) is 0 Å². The van der Waals surface area contributed by atoms with Gasteiger partial charge in [0.15, 0.2) is 0 Å². The summed E-state index contributed by atoms with van der Waals surface area (Å²) in [6.45, 7) is 2.09. The fourth-order valence-electron chi connectivity index (χ4n) is 0.318. The first-order chi connectivity index (χ1) is 3.41. The Morgan fingerprint density at radius 2 is 2.29 bits per heavy atom. The summed E-state index contributed by atoms with van der Waals surface area (Å²) < 4.78 is 0. The lowest BCUT2D eigenvalue weighted by molar-refractivity contribution is 1.21. The van der Waals surface area contributed by atoms with Gasteiger partial charge in [0.25, 0.3) is 0 Å². The maximum atomic E-state index is 4.97. The molecule has 0 aliphatic carbocycles. The summed E-state index contributed by atoms with van der Waals surface area (Å²) in [7, 11) is 0. The number of hydrogen-bond donors (Lipinski definition) is 0. The summed E-state index contributed by atoms with van der Waals surface area (Å²) in [5, 5.41) is 0. The van der Waals surface area contributed by atoms with Crippen molar-refractivity contribution in [2.24, 2.45) is 0 Å². The van der Waals surface area contributed by atoms with E-state index in [2.05, 4.69) is 18.9 Å². The highest BCUT2D eigenvalue weighted by atomic mass is 13.7. The molecule has 0 nitrogen and oxygen atoms in total. The molecule has 0 radical (unpaired) electrons. The van der Waals surface area contributed by atoms with Crippen molar-refractivity contribution >= 4 is 0 Å². The van der Waals surface area contributed by atoms with Crippen LogP contribution in [0.5, 0.6) is 0 Å². The predicted molar refractivity (Wildman–Crippen MR) is 32.9 cm³/mol. The lowest BCUT2D eigenvalue weighted by Gasteiger charge is -1.73. The van der Waals surface area contributed by atoms with E-state index < -0.39 is 0 Å². The number of rotatable bonds is 2. The molecule has 0 aromatic rings. The van der Waals surface area contributed by atoms with Crippen LogP contribution in [-0.2, 0) is 0 Å². The zero-order valence-electron chi connectivity index (χ0n) is 4.65. The highest BCUT2D eigenvalue weighted by Gasteiger charge is 1.63.